The van der Waals surface area contributed by atoms with Crippen LogP contribution in [0.5, 0.6) is 5.75 Å². The summed E-state index contributed by atoms with van der Waals surface area (Å²) in [6.45, 7) is -0.136. The van der Waals surface area contributed by atoms with Crippen LogP contribution in [0.25, 0.3) is 22.0 Å². The van der Waals surface area contributed by atoms with Gasteiger partial charge in [0.25, 0.3) is 10.0 Å². The minimum atomic E-state index is -5.08. The van der Waals surface area contributed by atoms with Crippen LogP contribution in [0.2, 0.25) is 5.02 Å². The summed E-state index contributed by atoms with van der Waals surface area (Å²) < 4.78 is 65.1. The number of hydrogen-bond acceptors (Lipinski definition) is 8. The number of carbonyl (C=O) groups is 1. The number of thiazole rings is 1. The number of sulfonamides is 1. The third-order valence-corrected chi connectivity index (χ3v) is 6.82. The largest absolute Gasteiger partial charge is 0.490 e. The fourth-order valence-corrected chi connectivity index (χ4v) is 4.89. The number of hydrogen-bond donors (Lipinski definition) is 2. The number of ether oxygens (including phenoxy) is 1. The fraction of sp³-hybridized carbons (Fsp3) is 0.0909. The quantitative estimate of drug-likeness (QED) is 0.316. The number of fused-ring (bicyclic) bond motifs is 1. The Labute approximate surface area is 216 Å². The van der Waals surface area contributed by atoms with Crippen molar-refractivity contribution < 1.29 is 36.2 Å². The van der Waals surface area contributed by atoms with E-state index in [0.717, 1.165) is 5.39 Å². The molecule has 0 bridgehead atoms. The van der Waals surface area contributed by atoms with Crippen LogP contribution in [0.1, 0.15) is 0 Å². The molecule has 0 aliphatic heterocycles. The summed E-state index contributed by atoms with van der Waals surface area (Å²) >= 11 is 7.27. The van der Waals surface area contributed by atoms with Crippen LogP contribution in [-0.4, -0.2) is 42.2 Å². The maximum Gasteiger partial charge on any atom is 0.490 e. The van der Waals surface area contributed by atoms with Crippen LogP contribution >= 0.6 is 22.9 Å². The molecule has 0 aliphatic rings. The minimum Gasteiger partial charge on any atom is -0.478 e. The van der Waals surface area contributed by atoms with Crippen molar-refractivity contribution in [3.63, 3.8) is 0 Å². The smallest absolute Gasteiger partial charge is 0.478 e. The lowest BCUT2D eigenvalue weighted by molar-refractivity contribution is -0.192. The molecule has 2 aromatic carbocycles. The Morgan fingerprint density at radius 2 is 1.89 bits per heavy atom. The van der Waals surface area contributed by atoms with Crippen LogP contribution in [-0.2, 0) is 14.8 Å². The number of alkyl halides is 3. The zero-order valence-electron chi connectivity index (χ0n) is 18.2. The Kier molecular flexibility index (Phi) is 8.53. The van der Waals surface area contributed by atoms with Crippen LogP contribution < -0.4 is 9.46 Å². The summed E-state index contributed by atoms with van der Waals surface area (Å²) in [4.78, 5) is 17.4. The SMILES string of the molecule is N#CCOc1cc(Cl)ccc1-c1nccc2cc(S(=O)(=O)Nc3nccs3)ccc12.O=C(O)C(F)(F)F. The number of nitrogens with one attached hydrogen (secondary N) is 1. The third-order valence-electron chi connectivity index (χ3n) is 4.43. The summed E-state index contributed by atoms with van der Waals surface area (Å²) in [6, 6.07) is 13.5. The zero-order valence-corrected chi connectivity index (χ0v) is 20.6. The number of pyridine rings is 1. The Balaban J connectivity index is 0.000000479. The molecule has 0 spiro atoms. The monoisotopic (exact) mass is 570 g/mol. The van der Waals surface area contributed by atoms with E-state index in [1.165, 1.54) is 23.6 Å². The van der Waals surface area contributed by atoms with Gasteiger partial charge in [0, 0.05) is 33.7 Å². The molecule has 0 fully saturated rings. The number of carboxylic acids is 1. The first-order chi connectivity index (χ1) is 17.4. The molecule has 9 nitrogen and oxygen atoms in total. The van der Waals surface area contributed by atoms with Crippen LogP contribution in [0.4, 0.5) is 18.3 Å². The Hall–Kier alpha value is -3.93. The van der Waals surface area contributed by atoms with Crippen molar-refractivity contribution in [3.8, 4) is 23.1 Å². The second kappa shape index (κ2) is 11.4. The molecule has 2 heterocycles. The highest BCUT2D eigenvalue weighted by Crippen LogP contribution is 2.36. The average molecular weight is 571 g/mol. The lowest BCUT2D eigenvalue weighted by atomic mass is 10.0. The van der Waals surface area contributed by atoms with Gasteiger partial charge in [0.2, 0.25) is 0 Å². The van der Waals surface area contributed by atoms with E-state index in [2.05, 4.69) is 14.7 Å². The molecular formula is C22H14ClF3N4O5S2. The van der Waals surface area contributed by atoms with Crippen molar-refractivity contribution in [1.82, 2.24) is 9.97 Å². The molecule has 0 saturated carbocycles. The van der Waals surface area contributed by atoms with Gasteiger partial charge in [-0.3, -0.25) is 9.71 Å². The molecular weight excluding hydrogens is 557 g/mol. The molecule has 0 aliphatic carbocycles. The van der Waals surface area contributed by atoms with E-state index >= 15 is 0 Å². The number of rotatable bonds is 6. The van der Waals surface area contributed by atoms with Gasteiger partial charge in [0.1, 0.15) is 11.8 Å². The van der Waals surface area contributed by atoms with Crippen molar-refractivity contribution in [3.05, 3.63) is 65.3 Å². The molecule has 0 saturated heterocycles. The molecule has 4 aromatic rings. The van der Waals surface area contributed by atoms with E-state index in [0.29, 0.717) is 32.5 Å². The minimum absolute atomic E-state index is 0.111. The summed E-state index contributed by atoms with van der Waals surface area (Å²) in [5.41, 5.74) is 1.24. The number of aliphatic carboxylic acids is 1. The standard InChI is InChI=1S/C20H13ClN4O3S2.C2HF3O2/c21-14-1-3-17(18(12-14)28-9-6-22)19-16-4-2-15(11-13(16)5-7-23-19)30(26,27)25-20-24-8-10-29-20;3-2(4,5)1(6)7/h1-5,7-8,10-12H,9H2,(H,24,25);(H,6,7). The van der Waals surface area contributed by atoms with E-state index in [1.54, 1.807) is 48.0 Å². The van der Waals surface area contributed by atoms with E-state index in [1.807, 2.05) is 6.07 Å². The van der Waals surface area contributed by atoms with E-state index in [-0.39, 0.29) is 11.5 Å². The number of aromatic nitrogens is 2. The highest BCUT2D eigenvalue weighted by molar-refractivity contribution is 7.93. The number of benzene rings is 2. The first-order valence-electron chi connectivity index (χ1n) is 9.83. The van der Waals surface area contributed by atoms with Crippen molar-refractivity contribution in [1.29, 1.82) is 5.26 Å². The Morgan fingerprint density at radius 3 is 2.51 bits per heavy atom. The highest BCUT2D eigenvalue weighted by atomic mass is 35.5. The predicted molar refractivity (Wildman–Crippen MR) is 130 cm³/mol. The molecule has 2 aromatic heterocycles. The van der Waals surface area contributed by atoms with Crippen LogP contribution in [0.15, 0.2) is 65.1 Å². The van der Waals surface area contributed by atoms with Gasteiger partial charge in [-0.1, -0.05) is 17.7 Å². The molecule has 0 radical (unpaired) electrons. The first kappa shape index (κ1) is 27.7. The van der Waals surface area contributed by atoms with Crippen molar-refractivity contribution in [2.45, 2.75) is 11.1 Å². The number of nitrogens with zero attached hydrogens (tertiary/aromatic N) is 3. The molecule has 0 atom stereocenters. The second-order valence-electron chi connectivity index (χ2n) is 6.88. The molecule has 2 N–H and O–H groups in total. The van der Waals surface area contributed by atoms with Gasteiger partial charge in [0.15, 0.2) is 11.7 Å². The number of nitriles is 1. The summed E-state index contributed by atoms with van der Waals surface area (Å²) in [7, 11) is -3.78. The molecule has 0 unspecified atom stereocenters. The fourth-order valence-electron chi connectivity index (χ4n) is 2.91. The van der Waals surface area contributed by atoms with E-state index < -0.39 is 22.2 Å². The predicted octanol–water partition coefficient (Wildman–Crippen LogP) is 5.35. The molecule has 0 amide bonds. The van der Waals surface area contributed by atoms with Crippen LogP contribution in [0, 0.1) is 11.3 Å². The summed E-state index contributed by atoms with van der Waals surface area (Å²) in [5, 5.41) is 19.8. The number of carboxylic acid groups (broad SMARTS) is 1. The lowest BCUT2D eigenvalue weighted by Gasteiger charge is -2.12. The third kappa shape index (κ3) is 7.06. The van der Waals surface area contributed by atoms with Gasteiger partial charge >= 0.3 is 12.1 Å². The zero-order chi connectivity index (χ0) is 27.2. The molecule has 15 heteroatoms. The van der Waals surface area contributed by atoms with Gasteiger partial charge < -0.3 is 9.84 Å². The summed E-state index contributed by atoms with van der Waals surface area (Å²) in [5.74, 6) is -2.33. The van der Waals surface area contributed by atoms with Gasteiger partial charge in [-0.2, -0.15) is 18.4 Å². The highest BCUT2D eigenvalue weighted by Gasteiger charge is 2.38. The molecule has 37 heavy (non-hydrogen) atoms. The average Bonchev–Trinajstić information content (AvgIpc) is 3.34. The van der Waals surface area contributed by atoms with E-state index in [9.17, 15) is 21.6 Å². The van der Waals surface area contributed by atoms with Crippen molar-refractivity contribution in [2.75, 3.05) is 11.3 Å². The van der Waals surface area contributed by atoms with Gasteiger partial charge in [-0.15, -0.1) is 11.3 Å². The maximum atomic E-state index is 12.7. The number of anilines is 1. The normalized spacial score (nSPS) is 11.2. The Morgan fingerprint density at radius 1 is 1.16 bits per heavy atom. The summed E-state index contributed by atoms with van der Waals surface area (Å²) in [6.07, 6.45) is -1.97. The van der Waals surface area contributed by atoms with Gasteiger partial charge in [-0.25, -0.2) is 18.2 Å². The molecule has 192 valence electrons. The first-order valence-corrected chi connectivity index (χ1v) is 12.6. The van der Waals surface area contributed by atoms with Gasteiger partial charge in [0.05, 0.1) is 10.6 Å². The van der Waals surface area contributed by atoms with E-state index in [4.69, 9.17) is 31.5 Å². The lowest BCUT2D eigenvalue weighted by Crippen LogP contribution is -2.21. The second-order valence-corrected chi connectivity index (χ2v) is 9.89. The molecule has 4 rings (SSSR count). The van der Waals surface area contributed by atoms with Crippen LogP contribution in [0.3, 0.4) is 0 Å². The van der Waals surface area contributed by atoms with Gasteiger partial charge in [-0.05, 0) is 41.8 Å². The number of halogens is 4. The Bertz CT molecular complexity index is 1570. The maximum absolute atomic E-state index is 12.7. The van der Waals surface area contributed by atoms with Crippen molar-refractivity contribution in [2.24, 2.45) is 0 Å². The van der Waals surface area contributed by atoms with Crippen molar-refractivity contribution >= 4 is 54.8 Å². The topological polar surface area (TPSA) is 142 Å².